The third-order valence-electron chi connectivity index (χ3n) is 2.04. The zero-order valence-corrected chi connectivity index (χ0v) is 9.87. The molecule has 1 amide bonds. The molecule has 4 nitrogen and oxygen atoms in total. The van der Waals surface area contributed by atoms with Gasteiger partial charge in [0.25, 0.3) is 5.91 Å². The SMILES string of the molecule is CNC(=O)c1cc(NCC=C(C)C)ccn1. The van der Waals surface area contributed by atoms with Gasteiger partial charge in [-0.3, -0.25) is 9.78 Å². The molecule has 0 bridgehead atoms. The molecule has 0 aromatic carbocycles. The van der Waals surface area contributed by atoms with Gasteiger partial charge < -0.3 is 10.6 Å². The zero-order chi connectivity index (χ0) is 12.0. The number of nitrogens with one attached hydrogen (secondary N) is 2. The summed E-state index contributed by atoms with van der Waals surface area (Å²) in [5, 5.41) is 5.74. The Morgan fingerprint density at radius 1 is 1.50 bits per heavy atom. The number of rotatable bonds is 4. The first kappa shape index (κ1) is 12.2. The maximum atomic E-state index is 11.3. The smallest absolute Gasteiger partial charge is 0.269 e. The molecule has 4 heteroatoms. The first-order valence-corrected chi connectivity index (χ1v) is 5.19. The van der Waals surface area contributed by atoms with Crippen molar-refractivity contribution in [1.82, 2.24) is 10.3 Å². The van der Waals surface area contributed by atoms with Gasteiger partial charge in [-0.2, -0.15) is 0 Å². The lowest BCUT2D eigenvalue weighted by molar-refractivity contribution is 0.0958. The molecule has 1 aromatic rings. The summed E-state index contributed by atoms with van der Waals surface area (Å²) in [7, 11) is 1.59. The van der Waals surface area contributed by atoms with Crippen LogP contribution >= 0.6 is 0 Å². The molecule has 0 saturated carbocycles. The molecular weight excluding hydrogens is 202 g/mol. The van der Waals surface area contributed by atoms with E-state index >= 15 is 0 Å². The van der Waals surface area contributed by atoms with Crippen LogP contribution in [0.1, 0.15) is 24.3 Å². The van der Waals surface area contributed by atoms with Crippen LogP contribution in [0.3, 0.4) is 0 Å². The highest BCUT2D eigenvalue weighted by atomic mass is 16.1. The summed E-state index contributed by atoms with van der Waals surface area (Å²) in [6, 6.07) is 3.57. The molecule has 0 saturated heterocycles. The number of nitrogens with zero attached hydrogens (tertiary/aromatic N) is 1. The van der Waals surface area contributed by atoms with Crippen molar-refractivity contribution in [3.05, 3.63) is 35.7 Å². The van der Waals surface area contributed by atoms with Crippen LogP contribution in [0, 0.1) is 0 Å². The number of hydrogen-bond donors (Lipinski definition) is 2. The summed E-state index contributed by atoms with van der Waals surface area (Å²) in [4.78, 5) is 15.3. The molecule has 0 fully saturated rings. The lowest BCUT2D eigenvalue weighted by atomic mass is 10.3. The summed E-state index contributed by atoms with van der Waals surface area (Å²) < 4.78 is 0. The fourth-order valence-electron chi connectivity index (χ4n) is 1.17. The average Bonchev–Trinajstić information content (AvgIpc) is 2.28. The third kappa shape index (κ3) is 3.73. The number of pyridine rings is 1. The Hall–Kier alpha value is -1.84. The molecule has 0 aliphatic rings. The van der Waals surface area contributed by atoms with Crippen LogP contribution in [0.2, 0.25) is 0 Å². The van der Waals surface area contributed by atoms with Crippen LogP contribution in [0.25, 0.3) is 0 Å². The lowest BCUT2D eigenvalue weighted by Crippen LogP contribution is -2.19. The Labute approximate surface area is 95.8 Å². The van der Waals surface area contributed by atoms with E-state index in [1.54, 1.807) is 19.3 Å². The van der Waals surface area contributed by atoms with Gasteiger partial charge in [0.05, 0.1) is 0 Å². The van der Waals surface area contributed by atoms with Crippen LogP contribution in [0.4, 0.5) is 5.69 Å². The number of allylic oxidation sites excluding steroid dienone is 1. The number of aromatic nitrogens is 1. The molecule has 0 unspecified atom stereocenters. The Kier molecular flexibility index (Phi) is 4.51. The van der Waals surface area contributed by atoms with Crippen molar-refractivity contribution >= 4 is 11.6 Å². The predicted molar refractivity (Wildman–Crippen MR) is 65.5 cm³/mol. The van der Waals surface area contributed by atoms with Crippen molar-refractivity contribution in [2.75, 3.05) is 18.9 Å². The van der Waals surface area contributed by atoms with E-state index in [2.05, 4.69) is 21.7 Å². The van der Waals surface area contributed by atoms with Gasteiger partial charge in [-0.1, -0.05) is 11.6 Å². The third-order valence-corrected chi connectivity index (χ3v) is 2.04. The predicted octanol–water partition coefficient (Wildman–Crippen LogP) is 1.82. The summed E-state index contributed by atoms with van der Waals surface area (Å²) in [6.45, 7) is 4.84. The number of carbonyl (C=O) groups excluding carboxylic acids is 1. The van der Waals surface area contributed by atoms with Crippen molar-refractivity contribution in [2.45, 2.75) is 13.8 Å². The maximum Gasteiger partial charge on any atom is 0.269 e. The molecule has 1 heterocycles. The molecule has 2 N–H and O–H groups in total. The quantitative estimate of drug-likeness (QED) is 0.759. The molecule has 0 aliphatic heterocycles. The highest BCUT2D eigenvalue weighted by molar-refractivity contribution is 5.92. The molecule has 0 radical (unpaired) electrons. The van der Waals surface area contributed by atoms with Gasteiger partial charge in [0.15, 0.2) is 0 Å². The molecule has 1 aromatic heterocycles. The van der Waals surface area contributed by atoms with E-state index in [0.29, 0.717) is 5.69 Å². The minimum atomic E-state index is -0.175. The molecule has 86 valence electrons. The Morgan fingerprint density at radius 3 is 2.88 bits per heavy atom. The number of hydrogen-bond acceptors (Lipinski definition) is 3. The Bertz CT molecular complexity index is 395. The van der Waals surface area contributed by atoms with Gasteiger partial charge in [0.2, 0.25) is 0 Å². The van der Waals surface area contributed by atoms with Gasteiger partial charge in [-0.25, -0.2) is 0 Å². The van der Waals surface area contributed by atoms with Crippen LogP contribution in [-0.4, -0.2) is 24.5 Å². The molecule has 0 atom stereocenters. The molecule has 0 spiro atoms. The van der Waals surface area contributed by atoms with E-state index in [1.165, 1.54) is 5.57 Å². The normalized spacial score (nSPS) is 9.44. The summed E-state index contributed by atoms with van der Waals surface area (Å²) in [6.07, 6.45) is 3.70. The van der Waals surface area contributed by atoms with Gasteiger partial charge in [0, 0.05) is 25.5 Å². The summed E-state index contributed by atoms with van der Waals surface area (Å²) >= 11 is 0. The van der Waals surface area contributed by atoms with Crippen LogP contribution in [0.5, 0.6) is 0 Å². The summed E-state index contributed by atoms with van der Waals surface area (Å²) in [5.41, 5.74) is 2.57. The fraction of sp³-hybridized carbons (Fsp3) is 0.333. The Morgan fingerprint density at radius 2 is 2.25 bits per heavy atom. The minimum absolute atomic E-state index is 0.175. The van der Waals surface area contributed by atoms with E-state index < -0.39 is 0 Å². The van der Waals surface area contributed by atoms with Crippen LogP contribution in [0.15, 0.2) is 30.0 Å². The highest BCUT2D eigenvalue weighted by Crippen LogP contribution is 2.07. The largest absolute Gasteiger partial charge is 0.381 e. The molecule has 0 aliphatic carbocycles. The van der Waals surface area contributed by atoms with Gasteiger partial charge >= 0.3 is 0 Å². The second kappa shape index (κ2) is 5.90. The van der Waals surface area contributed by atoms with E-state index in [9.17, 15) is 4.79 Å². The second-order valence-electron chi connectivity index (χ2n) is 3.67. The number of anilines is 1. The van der Waals surface area contributed by atoms with Crippen molar-refractivity contribution < 1.29 is 4.79 Å². The van der Waals surface area contributed by atoms with Crippen LogP contribution in [-0.2, 0) is 0 Å². The van der Waals surface area contributed by atoms with Crippen LogP contribution < -0.4 is 10.6 Å². The van der Waals surface area contributed by atoms with Crippen molar-refractivity contribution in [3.8, 4) is 0 Å². The van der Waals surface area contributed by atoms with E-state index in [-0.39, 0.29) is 5.91 Å². The molecule has 16 heavy (non-hydrogen) atoms. The second-order valence-corrected chi connectivity index (χ2v) is 3.67. The van der Waals surface area contributed by atoms with Gasteiger partial charge in [-0.15, -0.1) is 0 Å². The number of amides is 1. The first-order valence-electron chi connectivity index (χ1n) is 5.19. The van der Waals surface area contributed by atoms with Crippen molar-refractivity contribution in [2.24, 2.45) is 0 Å². The monoisotopic (exact) mass is 219 g/mol. The van der Waals surface area contributed by atoms with E-state index in [1.807, 2.05) is 19.9 Å². The van der Waals surface area contributed by atoms with Gasteiger partial charge in [-0.05, 0) is 26.0 Å². The standard InChI is InChI=1S/C12H17N3O/c1-9(2)4-6-14-10-5-7-15-11(8-10)12(16)13-3/h4-5,7-8H,6H2,1-3H3,(H,13,16)(H,14,15). The summed E-state index contributed by atoms with van der Waals surface area (Å²) in [5.74, 6) is -0.175. The van der Waals surface area contributed by atoms with Crippen molar-refractivity contribution in [3.63, 3.8) is 0 Å². The average molecular weight is 219 g/mol. The highest BCUT2D eigenvalue weighted by Gasteiger charge is 2.04. The zero-order valence-electron chi connectivity index (χ0n) is 9.87. The van der Waals surface area contributed by atoms with Crippen molar-refractivity contribution in [1.29, 1.82) is 0 Å². The maximum absolute atomic E-state index is 11.3. The van der Waals surface area contributed by atoms with Gasteiger partial charge in [0.1, 0.15) is 5.69 Å². The van der Waals surface area contributed by atoms with E-state index in [4.69, 9.17) is 0 Å². The first-order chi connectivity index (χ1) is 7.63. The minimum Gasteiger partial charge on any atom is -0.381 e. The Balaban J connectivity index is 2.68. The molecule has 1 rings (SSSR count). The lowest BCUT2D eigenvalue weighted by Gasteiger charge is -2.05. The number of carbonyl (C=O) groups is 1. The molecular formula is C12H17N3O. The van der Waals surface area contributed by atoms with E-state index in [0.717, 1.165) is 12.2 Å². The topological polar surface area (TPSA) is 54.0 Å². The fourth-order valence-corrected chi connectivity index (χ4v) is 1.17.